The van der Waals surface area contributed by atoms with E-state index in [2.05, 4.69) is 21.2 Å². The summed E-state index contributed by atoms with van der Waals surface area (Å²) in [5, 5.41) is 3.22. The van der Waals surface area contributed by atoms with Gasteiger partial charge < -0.3 is 10.2 Å². The molecule has 2 rings (SSSR count). The number of nitrogens with one attached hydrogen (secondary N) is 1. The van der Waals surface area contributed by atoms with Crippen molar-refractivity contribution in [3.05, 3.63) is 34.1 Å². The number of likely N-dealkylation sites (N-methyl/N-ethyl adjacent to an activating group) is 1. The molecule has 1 aromatic carbocycles. The van der Waals surface area contributed by atoms with Gasteiger partial charge in [0.1, 0.15) is 5.82 Å². The van der Waals surface area contributed by atoms with Gasteiger partial charge in [0.05, 0.1) is 10.9 Å². The van der Waals surface area contributed by atoms with E-state index in [4.69, 9.17) is 0 Å². The van der Waals surface area contributed by atoms with E-state index in [9.17, 15) is 9.18 Å². The van der Waals surface area contributed by atoms with Crippen LogP contribution in [-0.4, -0.2) is 37.0 Å². The Hall–Kier alpha value is -0.940. The maximum atomic E-state index is 13.1. The number of amides is 1. The molecule has 0 bridgehead atoms. The van der Waals surface area contributed by atoms with Gasteiger partial charge in [-0.05, 0) is 53.5 Å². The fourth-order valence-electron chi connectivity index (χ4n) is 2.38. The van der Waals surface area contributed by atoms with E-state index in [0.717, 1.165) is 31.5 Å². The van der Waals surface area contributed by atoms with Crippen LogP contribution in [0.25, 0.3) is 0 Å². The van der Waals surface area contributed by atoms with Gasteiger partial charge in [0.15, 0.2) is 0 Å². The standard InChI is InChI=1S/C14H18BrFN2O/c1-17-11-3-2-6-18(9-11)14(19)8-10-4-5-13(16)12(15)7-10/h4-5,7,11,17H,2-3,6,8-9H2,1H3. The summed E-state index contributed by atoms with van der Waals surface area (Å²) in [7, 11) is 1.93. The van der Waals surface area contributed by atoms with Gasteiger partial charge in [-0.15, -0.1) is 0 Å². The molecule has 1 atom stereocenters. The van der Waals surface area contributed by atoms with E-state index in [1.54, 1.807) is 12.1 Å². The summed E-state index contributed by atoms with van der Waals surface area (Å²) in [6.07, 6.45) is 2.47. The van der Waals surface area contributed by atoms with E-state index in [1.807, 2.05) is 11.9 Å². The van der Waals surface area contributed by atoms with E-state index in [0.29, 0.717) is 16.9 Å². The van der Waals surface area contributed by atoms with Crippen molar-refractivity contribution in [1.82, 2.24) is 10.2 Å². The Morgan fingerprint density at radius 3 is 3.05 bits per heavy atom. The average molecular weight is 329 g/mol. The van der Waals surface area contributed by atoms with E-state index in [-0.39, 0.29) is 11.7 Å². The van der Waals surface area contributed by atoms with Crippen molar-refractivity contribution in [2.45, 2.75) is 25.3 Å². The Labute approximate surface area is 121 Å². The third-order valence-electron chi connectivity index (χ3n) is 3.52. The molecule has 19 heavy (non-hydrogen) atoms. The molecular formula is C14H18BrFN2O. The minimum atomic E-state index is -0.301. The van der Waals surface area contributed by atoms with Crippen molar-refractivity contribution in [2.24, 2.45) is 0 Å². The monoisotopic (exact) mass is 328 g/mol. The quantitative estimate of drug-likeness (QED) is 0.923. The molecule has 0 aliphatic carbocycles. The minimum Gasteiger partial charge on any atom is -0.341 e. The highest BCUT2D eigenvalue weighted by Gasteiger charge is 2.22. The molecule has 0 saturated carbocycles. The topological polar surface area (TPSA) is 32.3 Å². The molecule has 1 saturated heterocycles. The van der Waals surface area contributed by atoms with Gasteiger partial charge >= 0.3 is 0 Å². The zero-order valence-corrected chi connectivity index (χ0v) is 12.5. The van der Waals surface area contributed by atoms with Gasteiger partial charge in [-0.1, -0.05) is 6.07 Å². The summed E-state index contributed by atoms with van der Waals surface area (Å²) >= 11 is 3.14. The van der Waals surface area contributed by atoms with Gasteiger partial charge in [0.2, 0.25) is 5.91 Å². The lowest BCUT2D eigenvalue weighted by Gasteiger charge is -2.32. The van der Waals surface area contributed by atoms with Crippen LogP contribution < -0.4 is 5.32 Å². The summed E-state index contributed by atoms with van der Waals surface area (Å²) in [4.78, 5) is 14.1. The fraction of sp³-hybridized carbons (Fsp3) is 0.500. The van der Waals surface area contributed by atoms with Crippen molar-refractivity contribution in [3.63, 3.8) is 0 Å². The number of piperidine rings is 1. The number of benzene rings is 1. The molecule has 1 unspecified atom stereocenters. The number of halogens is 2. The molecule has 5 heteroatoms. The molecule has 0 aromatic heterocycles. The predicted molar refractivity (Wildman–Crippen MR) is 76.5 cm³/mol. The Kier molecular flexibility index (Phi) is 4.93. The zero-order valence-electron chi connectivity index (χ0n) is 11.0. The molecule has 1 aliphatic rings. The lowest BCUT2D eigenvalue weighted by Crippen LogP contribution is -2.47. The van der Waals surface area contributed by atoms with Crippen LogP contribution in [0.3, 0.4) is 0 Å². The molecule has 1 aliphatic heterocycles. The largest absolute Gasteiger partial charge is 0.341 e. The van der Waals surface area contributed by atoms with Crippen molar-refractivity contribution >= 4 is 21.8 Å². The summed E-state index contributed by atoms with van der Waals surface area (Å²) in [5.41, 5.74) is 0.838. The van der Waals surface area contributed by atoms with Crippen LogP contribution >= 0.6 is 15.9 Å². The van der Waals surface area contributed by atoms with Gasteiger partial charge in [0, 0.05) is 19.1 Å². The second-order valence-electron chi connectivity index (χ2n) is 4.89. The Morgan fingerprint density at radius 2 is 2.37 bits per heavy atom. The first-order chi connectivity index (χ1) is 9.10. The van der Waals surface area contributed by atoms with Crippen LogP contribution in [0.1, 0.15) is 18.4 Å². The van der Waals surface area contributed by atoms with Crippen molar-refractivity contribution in [3.8, 4) is 0 Å². The normalized spacial score (nSPS) is 19.5. The number of carbonyl (C=O) groups excluding carboxylic acids is 1. The first-order valence-corrected chi connectivity index (χ1v) is 7.28. The van der Waals surface area contributed by atoms with Crippen LogP contribution in [-0.2, 0) is 11.2 Å². The molecule has 1 fully saturated rings. The molecular weight excluding hydrogens is 311 g/mol. The highest BCUT2D eigenvalue weighted by Crippen LogP contribution is 2.18. The molecule has 0 radical (unpaired) electrons. The number of carbonyl (C=O) groups is 1. The molecule has 1 heterocycles. The molecule has 0 spiro atoms. The smallest absolute Gasteiger partial charge is 0.227 e. The average Bonchev–Trinajstić information content (AvgIpc) is 2.43. The van der Waals surface area contributed by atoms with Gasteiger partial charge in [0.25, 0.3) is 0 Å². The maximum absolute atomic E-state index is 13.1. The Bertz CT molecular complexity index is 467. The number of hydrogen-bond donors (Lipinski definition) is 1. The number of likely N-dealkylation sites (tertiary alicyclic amines) is 1. The fourth-order valence-corrected chi connectivity index (χ4v) is 2.80. The lowest BCUT2D eigenvalue weighted by molar-refractivity contribution is -0.131. The predicted octanol–water partition coefficient (Wildman–Crippen LogP) is 2.34. The zero-order chi connectivity index (χ0) is 13.8. The number of hydrogen-bond acceptors (Lipinski definition) is 2. The van der Waals surface area contributed by atoms with Gasteiger partial charge in [-0.3, -0.25) is 4.79 Å². The minimum absolute atomic E-state index is 0.110. The summed E-state index contributed by atoms with van der Waals surface area (Å²) < 4.78 is 13.5. The molecule has 1 aromatic rings. The van der Waals surface area contributed by atoms with Crippen LogP contribution in [0.5, 0.6) is 0 Å². The van der Waals surface area contributed by atoms with Crippen molar-refractivity contribution in [2.75, 3.05) is 20.1 Å². The van der Waals surface area contributed by atoms with E-state index in [1.165, 1.54) is 6.07 Å². The summed E-state index contributed by atoms with van der Waals surface area (Å²) in [5.74, 6) is -0.192. The van der Waals surface area contributed by atoms with Crippen LogP contribution in [0.2, 0.25) is 0 Å². The third kappa shape index (κ3) is 3.76. The van der Waals surface area contributed by atoms with Crippen molar-refractivity contribution in [1.29, 1.82) is 0 Å². The van der Waals surface area contributed by atoms with Crippen LogP contribution in [0, 0.1) is 5.82 Å². The molecule has 1 amide bonds. The molecule has 1 N–H and O–H groups in total. The van der Waals surface area contributed by atoms with E-state index >= 15 is 0 Å². The third-order valence-corrected chi connectivity index (χ3v) is 4.13. The Balaban J connectivity index is 1.98. The second kappa shape index (κ2) is 6.48. The highest BCUT2D eigenvalue weighted by molar-refractivity contribution is 9.10. The number of rotatable bonds is 3. The van der Waals surface area contributed by atoms with Gasteiger partial charge in [-0.25, -0.2) is 4.39 Å². The SMILES string of the molecule is CNC1CCCN(C(=O)Cc2ccc(F)c(Br)c2)C1. The van der Waals surface area contributed by atoms with Crippen LogP contribution in [0.15, 0.2) is 22.7 Å². The summed E-state index contributed by atoms with van der Waals surface area (Å²) in [6, 6.07) is 5.11. The van der Waals surface area contributed by atoms with Gasteiger partial charge in [-0.2, -0.15) is 0 Å². The summed E-state index contributed by atoms with van der Waals surface area (Å²) in [6.45, 7) is 1.58. The highest BCUT2D eigenvalue weighted by atomic mass is 79.9. The Morgan fingerprint density at radius 1 is 1.58 bits per heavy atom. The molecule has 104 valence electrons. The first kappa shape index (κ1) is 14.5. The number of nitrogens with zero attached hydrogens (tertiary/aromatic N) is 1. The molecule has 3 nitrogen and oxygen atoms in total. The maximum Gasteiger partial charge on any atom is 0.227 e. The first-order valence-electron chi connectivity index (χ1n) is 6.49. The lowest BCUT2D eigenvalue weighted by atomic mass is 10.0. The second-order valence-corrected chi connectivity index (χ2v) is 5.75. The van der Waals surface area contributed by atoms with Crippen molar-refractivity contribution < 1.29 is 9.18 Å². The van der Waals surface area contributed by atoms with E-state index < -0.39 is 0 Å². The van der Waals surface area contributed by atoms with Crippen LogP contribution in [0.4, 0.5) is 4.39 Å².